The number of aliphatic hydroxyl groups excluding tert-OH is 1. The molecule has 0 aliphatic carbocycles. The van der Waals surface area contributed by atoms with Crippen LogP contribution in [0, 0.1) is 0 Å². The molecule has 0 rings (SSSR count). The molecule has 0 aromatic carbocycles. The van der Waals surface area contributed by atoms with Gasteiger partial charge in [0.2, 0.25) is 5.91 Å². The molecule has 0 aliphatic heterocycles. The summed E-state index contributed by atoms with van der Waals surface area (Å²) in [7, 11) is 1.61. The fourth-order valence-electron chi connectivity index (χ4n) is 8.50. The molecule has 1 amide bonds. The summed E-state index contributed by atoms with van der Waals surface area (Å²) in [5.74, 6) is -0.156. The fourth-order valence-corrected chi connectivity index (χ4v) is 9.23. The molecule has 0 saturated heterocycles. The van der Waals surface area contributed by atoms with E-state index in [-0.39, 0.29) is 19.1 Å². The van der Waals surface area contributed by atoms with Crippen LogP contribution >= 0.6 is 7.82 Å². The third kappa shape index (κ3) is 50.7. The summed E-state index contributed by atoms with van der Waals surface area (Å²) in [5.41, 5.74) is 0. The topological polar surface area (TPSA) is 105 Å². The Balaban J connectivity index is 4.03. The van der Waals surface area contributed by atoms with Crippen LogP contribution in [0.15, 0.2) is 24.3 Å². The largest absolute Gasteiger partial charge is 0.472 e. The van der Waals surface area contributed by atoms with Crippen molar-refractivity contribution in [2.45, 2.75) is 289 Å². The highest BCUT2D eigenvalue weighted by Gasteiger charge is 2.28. The van der Waals surface area contributed by atoms with Crippen molar-refractivity contribution in [3.05, 3.63) is 24.3 Å². The maximum atomic E-state index is 12.9. The van der Waals surface area contributed by atoms with Gasteiger partial charge in [0.15, 0.2) is 0 Å². The second kappa shape index (κ2) is 48.0. The molecular weight excluding hydrogens is 828 g/mol. The second-order valence-electron chi connectivity index (χ2n) is 20.7. The van der Waals surface area contributed by atoms with Crippen LogP contribution < -0.4 is 5.32 Å². The lowest BCUT2D eigenvalue weighted by atomic mass is 10.0. The van der Waals surface area contributed by atoms with Gasteiger partial charge in [-0.05, 0) is 38.5 Å². The average molecular weight is 940 g/mol. The third-order valence-electron chi connectivity index (χ3n) is 12.9. The van der Waals surface area contributed by atoms with E-state index in [9.17, 15) is 19.4 Å². The molecule has 3 N–H and O–H groups in total. The predicted octanol–water partition coefficient (Wildman–Crippen LogP) is 16.8. The average Bonchev–Trinajstić information content (AvgIpc) is 3.26. The van der Waals surface area contributed by atoms with E-state index in [4.69, 9.17) is 9.05 Å². The molecular formula is C56H112N2O6P+. The van der Waals surface area contributed by atoms with Gasteiger partial charge in [0, 0.05) is 6.42 Å². The van der Waals surface area contributed by atoms with Gasteiger partial charge in [-0.1, -0.05) is 256 Å². The first-order valence-electron chi connectivity index (χ1n) is 28.2. The van der Waals surface area contributed by atoms with Crippen molar-refractivity contribution in [3.63, 3.8) is 0 Å². The molecule has 0 radical (unpaired) electrons. The standard InChI is InChI=1S/C56H111N2O6P/c1-6-8-10-12-14-16-18-20-21-22-23-24-25-26-27-28-29-30-31-32-33-34-35-36-38-39-41-43-45-47-49-55(59)54(53-64-65(61,62)63-52-51-58(3,4)5)57-56(60)50-48-46-44-42-40-37-19-17-15-13-11-9-7-2/h11,13,17,19,54-55,59H,6-10,12,14-16,18,20-53H2,1-5H3,(H-,57,60,61,62)/p+1/b13-11-,19-17-. The maximum absolute atomic E-state index is 12.9. The molecule has 0 heterocycles. The number of amides is 1. The number of hydrogen-bond acceptors (Lipinski definition) is 5. The zero-order chi connectivity index (χ0) is 47.8. The van der Waals surface area contributed by atoms with Gasteiger partial charge in [0.05, 0.1) is 39.9 Å². The van der Waals surface area contributed by atoms with Crippen LogP contribution in [0.1, 0.15) is 277 Å². The van der Waals surface area contributed by atoms with Crippen LogP contribution in [0.3, 0.4) is 0 Å². The lowest BCUT2D eigenvalue weighted by Gasteiger charge is -2.26. The van der Waals surface area contributed by atoms with Crippen LogP contribution in [0.4, 0.5) is 0 Å². The molecule has 0 fully saturated rings. The number of quaternary nitrogens is 1. The van der Waals surface area contributed by atoms with Crippen molar-refractivity contribution in [1.82, 2.24) is 5.32 Å². The van der Waals surface area contributed by atoms with Crippen molar-refractivity contribution >= 4 is 13.7 Å². The van der Waals surface area contributed by atoms with Crippen molar-refractivity contribution in [3.8, 4) is 0 Å². The number of carbonyl (C=O) groups excluding carboxylic acids is 1. The van der Waals surface area contributed by atoms with E-state index in [1.54, 1.807) is 0 Å². The van der Waals surface area contributed by atoms with Crippen molar-refractivity contribution in [2.24, 2.45) is 0 Å². The van der Waals surface area contributed by atoms with E-state index in [1.807, 2.05) is 21.1 Å². The van der Waals surface area contributed by atoms with Gasteiger partial charge in [0.25, 0.3) is 0 Å². The number of likely N-dealkylation sites (N-methyl/N-ethyl adjacent to an activating group) is 1. The summed E-state index contributed by atoms with van der Waals surface area (Å²) in [4.78, 5) is 23.2. The number of aliphatic hydroxyl groups is 1. The molecule has 386 valence electrons. The Morgan fingerprint density at radius 2 is 0.908 bits per heavy atom. The van der Waals surface area contributed by atoms with E-state index in [0.29, 0.717) is 23.9 Å². The zero-order valence-corrected chi connectivity index (χ0v) is 44.9. The monoisotopic (exact) mass is 940 g/mol. The third-order valence-corrected chi connectivity index (χ3v) is 13.9. The first-order chi connectivity index (χ1) is 31.5. The molecule has 8 nitrogen and oxygen atoms in total. The number of carbonyl (C=O) groups is 1. The minimum Gasteiger partial charge on any atom is -0.391 e. The summed E-state index contributed by atoms with van der Waals surface area (Å²) in [6.07, 6.45) is 59.6. The quantitative estimate of drug-likeness (QED) is 0.0243. The number of unbranched alkanes of at least 4 members (excludes halogenated alkanes) is 35. The number of hydrogen-bond donors (Lipinski definition) is 3. The Morgan fingerprint density at radius 1 is 0.523 bits per heavy atom. The highest BCUT2D eigenvalue weighted by Crippen LogP contribution is 2.43. The molecule has 65 heavy (non-hydrogen) atoms. The Bertz CT molecular complexity index is 1110. The zero-order valence-electron chi connectivity index (χ0n) is 44.0. The Labute approximate surface area is 404 Å². The lowest BCUT2D eigenvalue weighted by Crippen LogP contribution is -2.46. The van der Waals surface area contributed by atoms with Crippen molar-refractivity contribution in [1.29, 1.82) is 0 Å². The number of nitrogens with one attached hydrogen (secondary N) is 1. The number of phosphoric acid groups is 1. The number of rotatable bonds is 52. The number of allylic oxidation sites excluding steroid dienone is 4. The fraction of sp³-hybridized carbons (Fsp3) is 0.911. The van der Waals surface area contributed by atoms with Gasteiger partial charge >= 0.3 is 7.82 Å². The Morgan fingerprint density at radius 3 is 1.32 bits per heavy atom. The Hall–Kier alpha value is -1.02. The molecule has 0 saturated carbocycles. The second-order valence-corrected chi connectivity index (χ2v) is 22.1. The molecule has 0 aromatic rings. The van der Waals surface area contributed by atoms with Gasteiger partial charge in [-0.25, -0.2) is 4.57 Å². The number of nitrogens with zero attached hydrogens (tertiary/aromatic N) is 1. The maximum Gasteiger partial charge on any atom is 0.472 e. The summed E-state index contributed by atoms with van der Waals surface area (Å²) in [6, 6.07) is -0.766. The van der Waals surface area contributed by atoms with Crippen molar-refractivity contribution in [2.75, 3.05) is 40.9 Å². The molecule has 3 atom stereocenters. The van der Waals surface area contributed by atoms with Gasteiger partial charge in [-0.15, -0.1) is 0 Å². The molecule has 0 aromatic heterocycles. The minimum absolute atomic E-state index is 0.0726. The first-order valence-corrected chi connectivity index (χ1v) is 29.7. The van der Waals surface area contributed by atoms with Gasteiger partial charge < -0.3 is 19.8 Å². The molecule has 0 spiro atoms. The first kappa shape index (κ1) is 64.0. The predicted molar refractivity (Wildman–Crippen MR) is 281 cm³/mol. The molecule has 0 bridgehead atoms. The van der Waals surface area contributed by atoms with Crippen LogP contribution in [-0.4, -0.2) is 73.4 Å². The molecule has 0 aliphatic rings. The Kier molecular flexibility index (Phi) is 47.3. The van der Waals surface area contributed by atoms with E-state index in [0.717, 1.165) is 70.6 Å². The smallest absolute Gasteiger partial charge is 0.391 e. The highest BCUT2D eigenvalue weighted by molar-refractivity contribution is 7.47. The SMILES string of the molecule is CCC/C=C\C/C=C\CCCCCCCC(=O)NC(COP(=O)(O)OCC[N+](C)(C)C)C(O)CCCCCCCCCCCCCCCCCCCCCCCCCCCCCCCC. The summed E-state index contributed by atoms with van der Waals surface area (Å²) in [6.45, 7) is 4.84. The lowest BCUT2D eigenvalue weighted by molar-refractivity contribution is -0.870. The van der Waals surface area contributed by atoms with Crippen LogP contribution in [0.2, 0.25) is 0 Å². The highest BCUT2D eigenvalue weighted by atomic mass is 31.2. The van der Waals surface area contributed by atoms with Crippen LogP contribution in [0.25, 0.3) is 0 Å². The summed E-state index contributed by atoms with van der Waals surface area (Å²) >= 11 is 0. The summed E-state index contributed by atoms with van der Waals surface area (Å²) < 4.78 is 23.7. The summed E-state index contributed by atoms with van der Waals surface area (Å²) in [5, 5.41) is 14.0. The van der Waals surface area contributed by atoms with Crippen molar-refractivity contribution < 1.29 is 32.9 Å². The minimum atomic E-state index is -4.32. The molecule has 3 unspecified atom stereocenters. The van der Waals surface area contributed by atoms with Crippen LogP contribution in [0.5, 0.6) is 0 Å². The van der Waals surface area contributed by atoms with Crippen LogP contribution in [-0.2, 0) is 18.4 Å². The van der Waals surface area contributed by atoms with Gasteiger partial charge in [0.1, 0.15) is 13.2 Å². The van der Waals surface area contributed by atoms with Gasteiger partial charge in [-0.3, -0.25) is 13.8 Å². The van der Waals surface area contributed by atoms with E-state index in [2.05, 4.69) is 43.5 Å². The normalized spacial score (nSPS) is 14.1. The van der Waals surface area contributed by atoms with E-state index in [1.165, 1.54) is 180 Å². The van der Waals surface area contributed by atoms with Gasteiger partial charge in [-0.2, -0.15) is 0 Å². The van der Waals surface area contributed by atoms with E-state index >= 15 is 0 Å². The van der Waals surface area contributed by atoms with E-state index < -0.39 is 20.0 Å². The molecule has 9 heteroatoms. The number of phosphoric ester groups is 1.